The molecule has 0 spiro atoms. The van der Waals surface area contributed by atoms with E-state index in [0.717, 1.165) is 5.56 Å². The average molecular weight is 605 g/mol. The van der Waals surface area contributed by atoms with E-state index in [-0.39, 0.29) is 34.0 Å². The molecular weight excluding hydrogens is 575 g/mol. The molecule has 0 saturated heterocycles. The first-order chi connectivity index (χ1) is 20.7. The molecule has 43 heavy (non-hydrogen) atoms. The van der Waals surface area contributed by atoms with Crippen LogP contribution in [-0.2, 0) is 9.53 Å². The van der Waals surface area contributed by atoms with Crippen LogP contribution in [-0.4, -0.2) is 39.8 Å². The highest BCUT2D eigenvalue weighted by molar-refractivity contribution is 6.30. The average Bonchev–Trinajstić information content (AvgIpc) is 3.38. The first-order valence-electron chi connectivity index (χ1n) is 13.7. The zero-order chi connectivity index (χ0) is 30.7. The van der Waals surface area contributed by atoms with Gasteiger partial charge in [0.15, 0.2) is 5.82 Å². The van der Waals surface area contributed by atoms with Crippen LogP contribution >= 0.6 is 11.6 Å². The Morgan fingerprint density at radius 1 is 1.16 bits per heavy atom. The molecule has 3 N–H and O–H groups in total. The fraction of sp³-hybridized carbons (Fsp3) is 0.258. The number of methoxy groups -OCH3 is 1. The predicted octanol–water partition coefficient (Wildman–Crippen LogP) is 6.44. The van der Waals surface area contributed by atoms with Crippen LogP contribution in [0.25, 0.3) is 16.8 Å². The highest BCUT2D eigenvalue weighted by atomic mass is 35.5. The second-order valence-corrected chi connectivity index (χ2v) is 10.7. The minimum Gasteiger partial charge on any atom is -0.453 e. The van der Waals surface area contributed by atoms with Crippen molar-refractivity contribution in [3.05, 3.63) is 88.7 Å². The molecule has 3 amide bonds. The number of carbonyl (C=O) groups excluding carboxylic acids is 3. The number of nitrogens with one attached hydrogen (secondary N) is 3. The summed E-state index contributed by atoms with van der Waals surface area (Å²) >= 11 is 5.96. The molecule has 4 aromatic rings. The Labute approximate surface area is 252 Å². The molecular formula is C31H30ClFN6O4. The molecule has 0 aliphatic carbocycles. The molecule has 222 valence electrons. The molecule has 2 aromatic carbocycles. The molecule has 10 nitrogen and oxygen atoms in total. The van der Waals surface area contributed by atoms with Gasteiger partial charge < -0.3 is 15.4 Å². The van der Waals surface area contributed by atoms with Crippen LogP contribution in [0, 0.1) is 18.7 Å². The van der Waals surface area contributed by atoms with Crippen molar-refractivity contribution in [2.24, 2.45) is 5.92 Å². The summed E-state index contributed by atoms with van der Waals surface area (Å²) in [5.41, 5.74) is 3.96. The van der Waals surface area contributed by atoms with Crippen molar-refractivity contribution in [2.45, 2.75) is 39.2 Å². The summed E-state index contributed by atoms with van der Waals surface area (Å²) in [4.78, 5) is 43.0. The van der Waals surface area contributed by atoms with Crippen molar-refractivity contribution >= 4 is 40.9 Å². The number of fused-ring (bicyclic) bond motifs is 4. The predicted molar refractivity (Wildman–Crippen MR) is 161 cm³/mol. The molecule has 2 atom stereocenters. The lowest BCUT2D eigenvalue weighted by molar-refractivity contribution is -0.119. The lowest BCUT2D eigenvalue weighted by atomic mass is 9.95. The summed E-state index contributed by atoms with van der Waals surface area (Å²) in [6.07, 6.45) is 4.15. The molecule has 2 unspecified atom stereocenters. The number of pyridine rings is 1. The van der Waals surface area contributed by atoms with Crippen molar-refractivity contribution in [1.82, 2.24) is 20.1 Å². The maximum absolute atomic E-state index is 14.7. The quantitative estimate of drug-likeness (QED) is 0.246. The lowest BCUT2D eigenvalue weighted by Crippen LogP contribution is -2.30. The molecule has 2 bridgehead atoms. The third-order valence-corrected chi connectivity index (χ3v) is 7.75. The van der Waals surface area contributed by atoms with E-state index in [9.17, 15) is 18.8 Å². The molecule has 1 aliphatic heterocycles. The summed E-state index contributed by atoms with van der Waals surface area (Å²) in [5, 5.41) is 12.9. The van der Waals surface area contributed by atoms with E-state index in [1.165, 1.54) is 30.1 Å². The molecule has 0 radical (unpaired) electrons. The fourth-order valence-electron chi connectivity index (χ4n) is 5.03. The summed E-state index contributed by atoms with van der Waals surface area (Å²) in [6.45, 7) is 3.53. The maximum Gasteiger partial charge on any atom is 0.411 e. The highest BCUT2D eigenvalue weighted by Gasteiger charge is 2.24. The standard InChI is InChI=1S/C31H30ClFN6O4/c1-17-6-4-8-24(37-30(41)22-16-35-39(18(22)2)27-9-5-7-23(32)28(27)33)26-14-19(12-13-34-26)21-11-10-20(36-31(42)43-3)15-25(21)38-29(17)40/h5,7,9-17,24H,4,6,8H2,1-3H3,(H,36,42)(H,37,41)(H,38,40). The number of hydrogen-bond acceptors (Lipinski definition) is 6. The van der Waals surface area contributed by atoms with Crippen LogP contribution in [0.1, 0.15) is 54.0 Å². The van der Waals surface area contributed by atoms with Gasteiger partial charge in [-0.3, -0.25) is 19.9 Å². The molecule has 1 aliphatic rings. The fourth-order valence-corrected chi connectivity index (χ4v) is 5.20. The van der Waals surface area contributed by atoms with E-state index < -0.39 is 18.0 Å². The monoisotopic (exact) mass is 604 g/mol. The summed E-state index contributed by atoms with van der Waals surface area (Å²) in [6, 6.07) is 13.0. The van der Waals surface area contributed by atoms with Crippen LogP contribution in [0.15, 0.2) is 60.9 Å². The largest absolute Gasteiger partial charge is 0.453 e. The first-order valence-corrected chi connectivity index (χ1v) is 14.1. The zero-order valence-electron chi connectivity index (χ0n) is 23.8. The van der Waals surface area contributed by atoms with E-state index in [1.54, 1.807) is 37.4 Å². The third kappa shape index (κ3) is 6.36. The van der Waals surface area contributed by atoms with Gasteiger partial charge in [-0.15, -0.1) is 0 Å². The van der Waals surface area contributed by atoms with Crippen molar-refractivity contribution in [1.29, 1.82) is 0 Å². The Balaban J connectivity index is 1.48. The summed E-state index contributed by atoms with van der Waals surface area (Å²) < 4.78 is 20.7. The van der Waals surface area contributed by atoms with Gasteiger partial charge in [0.1, 0.15) is 5.69 Å². The number of anilines is 2. The normalized spacial score (nSPS) is 16.6. The van der Waals surface area contributed by atoms with Crippen molar-refractivity contribution in [3.63, 3.8) is 0 Å². The van der Waals surface area contributed by atoms with Gasteiger partial charge in [0.25, 0.3) is 5.91 Å². The van der Waals surface area contributed by atoms with Gasteiger partial charge in [-0.25, -0.2) is 13.9 Å². The topological polar surface area (TPSA) is 127 Å². The molecule has 12 heteroatoms. The first kappa shape index (κ1) is 29.7. The van der Waals surface area contributed by atoms with Crippen molar-refractivity contribution in [2.75, 3.05) is 17.7 Å². The number of aromatic nitrogens is 3. The minimum atomic E-state index is -0.630. The van der Waals surface area contributed by atoms with Crippen LogP contribution in [0.4, 0.5) is 20.6 Å². The van der Waals surface area contributed by atoms with E-state index in [4.69, 9.17) is 16.3 Å². The maximum atomic E-state index is 14.7. The zero-order valence-corrected chi connectivity index (χ0v) is 24.5. The number of ether oxygens (including phenoxy) is 1. The van der Waals surface area contributed by atoms with Crippen LogP contribution in [0.3, 0.4) is 0 Å². The highest BCUT2D eigenvalue weighted by Crippen LogP contribution is 2.34. The second kappa shape index (κ2) is 12.6. The Bertz CT molecular complexity index is 1710. The molecule has 0 saturated carbocycles. The second-order valence-electron chi connectivity index (χ2n) is 10.3. The number of halogens is 2. The molecule has 2 aromatic heterocycles. The SMILES string of the molecule is COC(=O)Nc1ccc2c(c1)NC(=O)C(C)CCCC(NC(=O)c1cnn(-c3cccc(Cl)c3F)c1C)c1cc-2ccn1. The lowest BCUT2D eigenvalue weighted by Gasteiger charge is -2.22. The van der Waals surface area contributed by atoms with Crippen LogP contribution < -0.4 is 16.0 Å². The van der Waals surface area contributed by atoms with Gasteiger partial charge in [0, 0.05) is 23.4 Å². The van der Waals surface area contributed by atoms with Gasteiger partial charge in [-0.1, -0.05) is 37.1 Å². The third-order valence-electron chi connectivity index (χ3n) is 7.46. The van der Waals surface area contributed by atoms with Crippen molar-refractivity contribution < 1.29 is 23.5 Å². The van der Waals surface area contributed by atoms with Gasteiger partial charge in [-0.2, -0.15) is 5.10 Å². The van der Waals surface area contributed by atoms with Crippen LogP contribution in [0.2, 0.25) is 5.02 Å². The number of hydrogen-bond donors (Lipinski definition) is 3. The molecule has 0 fully saturated rings. The Hall–Kier alpha value is -4.77. The molecule has 3 heterocycles. The van der Waals surface area contributed by atoms with Gasteiger partial charge >= 0.3 is 6.09 Å². The van der Waals surface area contributed by atoms with E-state index in [2.05, 4.69) is 26.0 Å². The Morgan fingerprint density at radius 3 is 2.77 bits per heavy atom. The van der Waals surface area contributed by atoms with Gasteiger partial charge in [-0.05, 0) is 61.7 Å². The van der Waals surface area contributed by atoms with Crippen molar-refractivity contribution in [3.8, 4) is 16.8 Å². The number of benzene rings is 2. The van der Waals surface area contributed by atoms with E-state index in [1.807, 2.05) is 19.1 Å². The smallest absolute Gasteiger partial charge is 0.411 e. The van der Waals surface area contributed by atoms with E-state index >= 15 is 0 Å². The van der Waals surface area contributed by atoms with Gasteiger partial charge in [0.05, 0.1) is 47.0 Å². The summed E-state index contributed by atoms with van der Waals surface area (Å²) in [5.74, 6) is -1.50. The Kier molecular flexibility index (Phi) is 8.72. The van der Waals surface area contributed by atoms with E-state index in [0.29, 0.717) is 47.6 Å². The number of nitrogens with zero attached hydrogens (tertiary/aromatic N) is 3. The minimum absolute atomic E-state index is 0.0435. The summed E-state index contributed by atoms with van der Waals surface area (Å²) in [7, 11) is 1.27. The van der Waals surface area contributed by atoms with Crippen LogP contribution in [0.5, 0.6) is 0 Å². The Morgan fingerprint density at radius 2 is 1.98 bits per heavy atom. The number of carbonyl (C=O) groups is 3. The number of amides is 3. The number of rotatable bonds is 4. The molecule has 5 rings (SSSR count). The van der Waals surface area contributed by atoms with Gasteiger partial charge in [0.2, 0.25) is 5.91 Å².